The van der Waals surface area contributed by atoms with Crippen LogP contribution < -0.4 is 0 Å². The van der Waals surface area contributed by atoms with Gasteiger partial charge < -0.3 is 4.90 Å². The van der Waals surface area contributed by atoms with E-state index in [0.717, 1.165) is 38.0 Å². The molecule has 0 saturated carbocycles. The van der Waals surface area contributed by atoms with E-state index in [1.807, 2.05) is 31.2 Å². The molecule has 1 aliphatic rings. The number of Topliss-reactive ketones (excluding diaryl/α,β-unsaturated/α-hetero) is 1. The average Bonchev–Trinajstić information content (AvgIpc) is 2.54. The van der Waals surface area contributed by atoms with E-state index in [2.05, 4.69) is 11.0 Å². The number of likely N-dealkylation sites (tertiary alicyclic amines) is 1. The number of hydrogen-bond acceptors (Lipinski definition) is 3. The lowest BCUT2D eigenvalue weighted by Crippen LogP contribution is -2.42. The summed E-state index contributed by atoms with van der Waals surface area (Å²) in [5.41, 5.74) is 0.647. The molecule has 21 heavy (non-hydrogen) atoms. The summed E-state index contributed by atoms with van der Waals surface area (Å²) >= 11 is 5.92. The predicted octanol–water partition coefficient (Wildman–Crippen LogP) is 3.57. The minimum atomic E-state index is -0.407. The first-order chi connectivity index (χ1) is 10.1. The average molecular weight is 305 g/mol. The molecule has 0 unspecified atom stereocenters. The zero-order valence-corrected chi connectivity index (χ0v) is 13.2. The van der Waals surface area contributed by atoms with Crippen molar-refractivity contribution in [2.24, 2.45) is 0 Å². The lowest BCUT2D eigenvalue weighted by molar-refractivity contribution is -0.119. The standard InChI is InChI=1S/C17H21ClN2O/c1-2-16(21)7-10-20-11-8-17(13-19,9-12-20)14-3-5-15(18)6-4-14/h3-6H,2,7-12H2,1H3. The molecular formula is C17H21ClN2O. The Morgan fingerprint density at radius 1 is 1.33 bits per heavy atom. The lowest BCUT2D eigenvalue weighted by atomic mass is 9.74. The van der Waals surface area contributed by atoms with E-state index < -0.39 is 5.41 Å². The van der Waals surface area contributed by atoms with Crippen molar-refractivity contribution in [1.29, 1.82) is 5.26 Å². The number of piperidine rings is 1. The van der Waals surface area contributed by atoms with Crippen LogP contribution in [-0.4, -0.2) is 30.3 Å². The summed E-state index contributed by atoms with van der Waals surface area (Å²) in [7, 11) is 0. The van der Waals surface area contributed by atoms with E-state index in [9.17, 15) is 10.1 Å². The van der Waals surface area contributed by atoms with Gasteiger partial charge in [0, 0.05) is 24.4 Å². The highest BCUT2D eigenvalue weighted by atomic mass is 35.5. The van der Waals surface area contributed by atoms with Gasteiger partial charge in [-0.2, -0.15) is 5.26 Å². The van der Waals surface area contributed by atoms with E-state index >= 15 is 0 Å². The van der Waals surface area contributed by atoms with Gasteiger partial charge in [-0.25, -0.2) is 0 Å². The van der Waals surface area contributed by atoms with Gasteiger partial charge in [0.15, 0.2) is 0 Å². The number of rotatable bonds is 5. The van der Waals surface area contributed by atoms with Crippen LogP contribution in [0.1, 0.15) is 38.2 Å². The molecule has 0 spiro atoms. The van der Waals surface area contributed by atoms with Crippen LogP contribution in [0.25, 0.3) is 0 Å². The molecule has 0 aliphatic carbocycles. The van der Waals surface area contributed by atoms with Crippen molar-refractivity contribution >= 4 is 17.4 Å². The number of carbonyl (C=O) groups is 1. The normalized spacial score (nSPS) is 18.1. The number of nitriles is 1. The van der Waals surface area contributed by atoms with E-state index in [1.54, 1.807) is 0 Å². The molecule has 112 valence electrons. The van der Waals surface area contributed by atoms with Crippen molar-refractivity contribution in [3.05, 3.63) is 34.9 Å². The highest BCUT2D eigenvalue weighted by Crippen LogP contribution is 2.35. The van der Waals surface area contributed by atoms with Crippen molar-refractivity contribution in [2.45, 2.75) is 38.0 Å². The Balaban J connectivity index is 1.98. The molecule has 1 fully saturated rings. The zero-order chi connectivity index (χ0) is 15.3. The summed E-state index contributed by atoms with van der Waals surface area (Å²) in [6, 6.07) is 10.1. The van der Waals surface area contributed by atoms with Crippen molar-refractivity contribution in [2.75, 3.05) is 19.6 Å². The molecule has 3 nitrogen and oxygen atoms in total. The second-order valence-corrected chi connectivity index (χ2v) is 6.12. The molecular weight excluding hydrogens is 284 g/mol. The van der Waals surface area contributed by atoms with Crippen LogP contribution in [-0.2, 0) is 10.2 Å². The van der Waals surface area contributed by atoms with Crippen molar-refractivity contribution in [3.63, 3.8) is 0 Å². The molecule has 1 aliphatic heterocycles. The maximum atomic E-state index is 11.4. The molecule has 1 aromatic rings. The molecule has 0 aromatic heterocycles. The molecule has 1 heterocycles. The summed E-state index contributed by atoms with van der Waals surface area (Å²) < 4.78 is 0. The van der Waals surface area contributed by atoms with Crippen LogP contribution in [0.3, 0.4) is 0 Å². The topological polar surface area (TPSA) is 44.1 Å². The second kappa shape index (κ2) is 7.06. The number of hydrogen-bond donors (Lipinski definition) is 0. The van der Waals surface area contributed by atoms with Gasteiger partial charge in [0.1, 0.15) is 5.78 Å². The summed E-state index contributed by atoms with van der Waals surface area (Å²) in [5, 5.41) is 10.3. The molecule has 1 saturated heterocycles. The maximum absolute atomic E-state index is 11.4. The van der Waals surface area contributed by atoms with Gasteiger partial charge in [0.05, 0.1) is 11.5 Å². The van der Waals surface area contributed by atoms with Crippen LogP contribution in [0.2, 0.25) is 5.02 Å². The third kappa shape index (κ3) is 3.84. The molecule has 0 N–H and O–H groups in total. The quantitative estimate of drug-likeness (QED) is 0.835. The fraction of sp³-hybridized carbons (Fsp3) is 0.529. The monoisotopic (exact) mass is 304 g/mol. The van der Waals surface area contributed by atoms with Gasteiger partial charge in [-0.3, -0.25) is 4.79 Å². The van der Waals surface area contributed by atoms with Gasteiger partial charge in [0.2, 0.25) is 0 Å². The van der Waals surface area contributed by atoms with Crippen molar-refractivity contribution < 1.29 is 4.79 Å². The van der Waals surface area contributed by atoms with Crippen LogP contribution in [0, 0.1) is 11.3 Å². The lowest BCUT2D eigenvalue weighted by Gasteiger charge is -2.37. The van der Waals surface area contributed by atoms with Crippen LogP contribution in [0.4, 0.5) is 0 Å². The van der Waals surface area contributed by atoms with Gasteiger partial charge in [0.25, 0.3) is 0 Å². The maximum Gasteiger partial charge on any atom is 0.133 e. The molecule has 0 amide bonds. The van der Waals surface area contributed by atoms with Gasteiger partial charge in [-0.1, -0.05) is 30.7 Å². The summed E-state index contributed by atoms with van der Waals surface area (Å²) in [6.45, 7) is 4.45. The molecule has 4 heteroatoms. The Hall–Kier alpha value is -1.37. The molecule has 0 radical (unpaired) electrons. The molecule has 0 atom stereocenters. The van der Waals surface area contributed by atoms with E-state index in [4.69, 9.17) is 11.6 Å². The summed E-state index contributed by atoms with van der Waals surface area (Å²) in [5.74, 6) is 0.310. The first-order valence-corrected chi connectivity index (χ1v) is 7.89. The van der Waals surface area contributed by atoms with Crippen molar-refractivity contribution in [1.82, 2.24) is 4.90 Å². The van der Waals surface area contributed by atoms with Gasteiger partial charge in [-0.15, -0.1) is 0 Å². The van der Waals surface area contributed by atoms with Crippen LogP contribution in [0.15, 0.2) is 24.3 Å². The number of benzene rings is 1. The molecule has 2 rings (SSSR count). The number of halogens is 1. The van der Waals surface area contributed by atoms with Gasteiger partial charge in [-0.05, 0) is 43.6 Å². The predicted molar refractivity (Wildman–Crippen MR) is 84.3 cm³/mol. The SMILES string of the molecule is CCC(=O)CCN1CCC(C#N)(c2ccc(Cl)cc2)CC1. The largest absolute Gasteiger partial charge is 0.303 e. The fourth-order valence-corrected chi connectivity index (χ4v) is 2.98. The number of carbonyl (C=O) groups excluding carboxylic acids is 1. The Labute approximate surface area is 131 Å². The number of ketones is 1. The van der Waals surface area contributed by atoms with Gasteiger partial charge >= 0.3 is 0 Å². The Morgan fingerprint density at radius 2 is 1.95 bits per heavy atom. The van der Waals surface area contributed by atoms with Crippen molar-refractivity contribution in [3.8, 4) is 6.07 Å². The van der Waals surface area contributed by atoms with E-state index in [1.165, 1.54) is 0 Å². The fourth-order valence-electron chi connectivity index (χ4n) is 2.85. The first kappa shape index (κ1) is 16.0. The van der Waals surface area contributed by atoms with Crippen LogP contribution in [0.5, 0.6) is 0 Å². The molecule has 1 aromatic carbocycles. The smallest absolute Gasteiger partial charge is 0.133 e. The second-order valence-electron chi connectivity index (χ2n) is 5.68. The minimum absolute atomic E-state index is 0.310. The van der Waals surface area contributed by atoms with E-state index in [-0.39, 0.29) is 0 Å². The first-order valence-electron chi connectivity index (χ1n) is 7.51. The Morgan fingerprint density at radius 3 is 2.48 bits per heavy atom. The third-order valence-electron chi connectivity index (χ3n) is 4.42. The highest BCUT2D eigenvalue weighted by molar-refractivity contribution is 6.30. The highest BCUT2D eigenvalue weighted by Gasteiger charge is 2.36. The summed E-state index contributed by atoms with van der Waals surface area (Å²) in [6.07, 6.45) is 2.86. The Bertz CT molecular complexity index is 525. The molecule has 0 bridgehead atoms. The number of nitrogens with zero attached hydrogens (tertiary/aromatic N) is 2. The summed E-state index contributed by atoms with van der Waals surface area (Å²) in [4.78, 5) is 13.7. The third-order valence-corrected chi connectivity index (χ3v) is 4.67. The van der Waals surface area contributed by atoms with E-state index in [0.29, 0.717) is 23.6 Å². The zero-order valence-electron chi connectivity index (χ0n) is 12.4. The Kier molecular flexibility index (Phi) is 5.39. The van der Waals surface area contributed by atoms with Crippen LogP contribution >= 0.6 is 11.6 Å². The minimum Gasteiger partial charge on any atom is -0.303 e.